The monoisotopic (exact) mass is 335 g/mol. The molecule has 2 unspecified atom stereocenters. The quantitative estimate of drug-likeness (QED) is 0.722. The first kappa shape index (κ1) is 19.2. The Morgan fingerprint density at radius 1 is 1.22 bits per heavy atom. The zero-order valence-electron chi connectivity index (χ0n) is 13.1. The minimum atomic E-state index is -1.76. The molecular formula is C15H20F3NO4. The Hall–Kier alpha value is -1.80. The highest BCUT2D eigenvalue weighted by Crippen LogP contribution is 2.24. The van der Waals surface area contributed by atoms with Crippen LogP contribution in [0, 0.1) is 17.5 Å². The second-order valence-corrected chi connectivity index (χ2v) is 5.99. The molecule has 1 rings (SSSR count). The summed E-state index contributed by atoms with van der Waals surface area (Å²) in [5, 5.41) is 21.9. The van der Waals surface area contributed by atoms with Crippen LogP contribution in [0.4, 0.5) is 18.0 Å². The zero-order chi connectivity index (χ0) is 17.8. The number of carbonyl (C=O) groups is 1. The maximum atomic E-state index is 13.5. The summed E-state index contributed by atoms with van der Waals surface area (Å²) in [6, 6.07) is 1.51. The zero-order valence-corrected chi connectivity index (χ0v) is 13.1. The van der Waals surface area contributed by atoms with Gasteiger partial charge in [0.1, 0.15) is 11.7 Å². The number of alkyl carbamates (subject to hydrolysis) is 1. The average molecular weight is 335 g/mol. The molecule has 2 atom stereocenters. The summed E-state index contributed by atoms with van der Waals surface area (Å²) in [6.07, 6.45) is -4.09. The van der Waals surface area contributed by atoms with Gasteiger partial charge in [-0.3, -0.25) is 0 Å². The predicted molar refractivity (Wildman–Crippen MR) is 76.1 cm³/mol. The van der Waals surface area contributed by atoms with Gasteiger partial charge in [0.25, 0.3) is 0 Å². The van der Waals surface area contributed by atoms with Gasteiger partial charge in [-0.25, -0.2) is 18.0 Å². The van der Waals surface area contributed by atoms with Crippen molar-refractivity contribution in [3.05, 3.63) is 35.1 Å². The third-order valence-corrected chi connectivity index (χ3v) is 2.86. The lowest BCUT2D eigenvalue weighted by Gasteiger charge is -2.21. The number of hydrogen-bond donors (Lipinski definition) is 3. The number of aliphatic hydroxyl groups is 2. The molecule has 0 aliphatic heterocycles. The number of nitrogens with one attached hydrogen (secondary N) is 1. The van der Waals surface area contributed by atoms with Crippen molar-refractivity contribution in [3.63, 3.8) is 0 Å². The molecule has 130 valence electrons. The highest BCUT2D eigenvalue weighted by molar-refractivity contribution is 5.67. The molecule has 8 heteroatoms. The van der Waals surface area contributed by atoms with Crippen molar-refractivity contribution in [2.45, 2.75) is 45.0 Å². The van der Waals surface area contributed by atoms with Crippen LogP contribution in [0.15, 0.2) is 12.1 Å². The van der Waals surface area contributed by atoms with Gasteiger partial charge in [0.2, 0.25) is 0 Å². The van der Waals surface area contributed by atoms with Gasteiger partial charge in [-0.1, -0.05) is 6.07 Å². The Balaban J connectivity index is 2.57. The highest BCUT2D eigenvalue weighted by Gasteiger charge is 2.25. The smallest absolute Gasteiger partial charge is 0.407 e. The maximum absolute atomic E-state index is 13.5. The normalized spacial score (nSPS) is 14.3. The molecule has 0 heterocycles. The number of halogens is 3. The minimum Gasteiger partial charge on any atom is -0.444 e. The summed E-state index contributed by atoms with van der Waals surface area (Å²) in [5.41, 5.74) is -1.24. The first-order chi connectivity index (χ1) is 10.5. The van der Waals surface area contributed by atoms with Crippen molar-refractivity contribution >= 4 is 6.09 Å². The SMILES string of the molecule is CC(C)(C)OC(=O)NCCC(O)C(O)c1ccc(F)c(F)c1F. The number of ether oxygens (including phenoxy) is 1. The third kappa shape index (κ3) is 5.72. The van der Waals surface area contributed by atoms with Gasteiger partial charge in [-0.15, -0.1) is 0 Å². The lowest BCUT2D eigenvalue weighted by Crippen LogP contribution is -2.34. The number of benzene rings is 1. The molecule has 0 bridgehead atoms. The van der Waals surface area contributed by atoms with E-state index in [4.69, 9.17) is 4.74 Å². The van der Waals surface area contributed by atoms with Crippen molar-refractivity contribution in [2.24, 2.45) is 0 Å². The Morgan fingerprint density at radius 2 is 1.83 bits per heavy atom. The Bertz CT molecular complexity index is 560. The molecule has 0 fully saturated rings. The van der Waals surface area contributed by atoms with Crippen molar-refractivity contribution in [2.75, 3.05) is 6.54 Å². The number of hydrogen-bond acceptors (Lipinski definition) is 4. The van der Waals surface area contributed by atoms with E-state index < -0.39 is 46.9 Å². The van der Waals surface area contributed by atoms with E-state index in [-0.39, 0.29) is 13.0 Å². The Labute approximate surface area is 132 Å². The molecule has 0 radical (unpaired) electrons. The summed E-state index contributed by atoms with van der Waals surface area (Å²) < 4.78 is 44.4. The molecule has 0 aromatic heterocycles. The number of amides is 1. The van der Waals surface area contributed by atoms with E-state index in [0.717, 1.165) is 6.07 Å². The van der Waals surface area contributed by atoms with E-state index >= 15 is 0 Å². The summed E-state index contributed by atoms with van der Waals surface area (Å²) >= 11 is 0. The van der Waals surface area contributed by atoms with Crippen LogP contribution in [-0.4, -0.2) is 34.6 Å². The average Bonchev–Trinajstić information content (AvgIpc) is 2.42. The van der Waals surface area contributed by atoms with E-state index in [0.29, 0.717) is 6.07 Å². The molecule has 1 amide bonds. The maximum Gasteiger partial charge on any atom is 0.407 e. The van der Waals surface area contributed by atoms with Crippen molar-refractivity contribution < 1.29 is 32.9 Å². The number of carbonyl (C=O) groups excluding carboxylic acids is 1. The molecule has 0 spiro atoms. The van der Waals surface area contributed by atoms with Crippen LogP contribution < -0.4 is 5.32 Å². The molecule has 0 aliphatic rings. The Kier molecular flexibility index (Phi) is 6.40. The lowest BCUT2D eigenvalue weighted by molar-refractivity contribution is 0.00992. The van der Waals surface area contributed by atoms with Crippen LogP contribution in [0.3, 0.4) is 0 Å². The van der Waals surface area contributed by atoms with E-state index in [9.17, 15) is 28.2 Å². The molecule has 3 N–H and O–H groups in total. The van der Waals surface area contributed by atoms with Crippen LogP contribution in [0.2, 0.25) is 0 Å². The fourth-order valence-corrected chi connectivity index (χ4v) is 1.77. The van der Waals surface area contributed by atoms with Gasteiger partial charge in [0.05, 0.1) is 6.10 Å². The molecule has 5 nitrogen and oxygen atoms in total. The summed E-state index contributed by atoms with van der Waals surface area (Å²) in [5.74, 6) is -4.67. The fraction of sp³-hybridized carbons (Fsp3) is 0.533. The van der Waals surface area contributed by atoms with Crippen molar-refractivity contribution in [3.8, 4) is 0 Å². The van der Waals surface area contributed by atoms with Gasteiger partial charge < -0.3 is 20.3 Å². The van der Waals surface area contributed by atoms with E-state index in [1.54, 1.807) is 20.8 Å². The number of aliphatic hydroxyl groups excluding tert-OH is 2. The molecule has 0 saturated heterocycles. The molecule has 0 saturated carbocycles. The molecule has 0 aliphatic carbocycles. The lowest BCUT2D eigenvalue weighted by atomic mass is 10.0. The summed E-state index contributed by atoms with van der Waals surface area (Å²) in [6.45, 7) is 4.98. The third-order valence-electron chi connectivity index (χ3n) is 2.86. The largest absolute Gasteiger partial charge is 0.444 e. The van der Waals surface area contributed by atoms with Crippen molar-refractivity contribution in [1.29, 1.82) is 0 Å². The molecule has 1 aromatic rings. The van der Waals surface area contributed by atoms with Gasteiger partial charge in [0, 0.05) is 12.1 Å². The van der Waals surface area contributed by atoms with E-state index in [2.05, 4.69) is 5.32 Å². The van der Waals surface area contributed by atoms with E-state index in [1.165, 1.54) is 0 Å². The van der Waals surface area contributed by atoms with Gasteiger partial charge in [-0.2, -0.15) is 0 Å². The van der Waals surface area contributed by atoms with E-state index in [1.807, 2.05) is 0 Å². The van der Waals surface area contributed by atoms with Crippen LogP contribution >= 0.6 is 0 Å². The summed E-state index contributed by atoms with van der Waals surface area (Å²) in [4.78, 5) is 11.4. The minimum absolute atomic E-state index is 0.0571. The number of rotatable bonds is 5. The van der Waals surface area contributed by atoms with Crippen molar-refractivity contribution in [1.82, 2.24) is 5.32 Å². The van der Waals surface area contributed by atoms with Crippen LogP contribution in [0.1, 0.15) is 38.9 Å². The van der Waals surface area contributed by atoms with Gasteiger partial charge in [-0.05, 0) is 33.3 Å². The highest BCUT2D eigenvalue weighted by atomic mass is 19.2. The second-order valence-electron chi connectivity index (χ2n) is 5.99. The Morgan fingerprint density at radius 3 is 2.39 bits per heavy atom. The first-order valence-corrected chi connectivity index (χ1v) is 6.99. The standard InChI is InChI=1S/C15H20F3NO4/c1-15(2,3)23-14(22)19-7-6-10(20)13(21)8-4-5-9(16)12(18)11(8)17/h4-5,10,13,20-21H,6-7H2,1-3H3,(H,19,22). The fourth-order valence-electron chi connectivity index (χ4n) is 1.77. The first-order valence-electron chi connectivity index (χ1n) is 6.99. The van der Waals surface area contributed by atoms with Crippen LogP contribution in [0.25, 0.3) is 0 Å². The predicted octanol–water partition coefficient (Wildman–Crippen LogP) is 2.41. The van der Waals surface area contributed by atoms with Gasteiger partial charge >= 0.3 is 6.09 Å². The topological polar surface area (TPSA) is 78.8 Å². The second kappa shape index (κ2) is 7.65. The molecular weight excluding hydrogens is 315 g/mol. The summed E-state index contributed by atoms with van der Waals surface area (Å²) in [7, 11) is 0. The van der Waals surface area contributed by atoms with Crippen LogP contribution in [-0.2, 0) is 4.74 Å². The van der Waals surface area contributed by atoms with Crippen LogP contribution in [0.5, 0.6) is 0 Å². The van der Waals surface area contributed by atoms with Gasteiger partial charge in [0.15, 0.2) is 17.5 Å². The molecule has 23 heavy (non-hydrogen) atoms. The molecule has 1 aromatic carbocycles.